The van der Waals surface area contributed by atoms with Gasteiger partial charge in [0.15, 0.2) is 0 Å². The van der Waals surface area contributed by atoms with Crippen molar-refractivity contribution in [3.05, 3.63) is 23.8 Å². The number of benzene rings is 1. The molecule has 0 atom stereocenters. The molecule has 5 heteroatoms. The lowest BCUT2D eigenvalue weighted by atomic mass is 10.1. The molecule has 0 radical (unpaired) electrons. The molecule has 0 saturated carbocycles. The van der Waals surface area contributed by atoms with Gasteiger partial charge in [0.2, 0.25) is 0 Å². The van der Waals surface area contributed by atoms with Crippen LogP contribution in [0.1, 0.15) is 5.56 Å². The summed E-state index contributed by atoms with van der Waals surface area (Å²) >= 11 is 0. The first kappa shape index (κ1) is 10.7. The molecule has 1 aromatic rings. The van der Waals surface area contributed by atoms with Gasteiger partial charge in [0.25, 0.3) is 0 Å². The van der Waals surface area contributed by atoms with E-state index in [4.69, 9.17) is 10.5 Å². The van der Waals surface area contributed by atoms with E-state index in [-0.39, 0.29) is 17.0 Å². The minimum Gasteiger partial charge on any atom is -0.495 e. The second-order valence-corrected chi connectivity index (χ2v) is 2.83. The Hall–Kier alpha value is -1.39. The number of anilines is 1. The predicted octanol–water partition coefficient (Wildman–Crippen LogP) is 2.38. The van der Waals surface area contributed by atoms with Crippen molar-refractivity contribution in [3.8, 4) is 5.75 Å². The number of rotatable bonds is 2. The molecule has 0 aliphatic carbocycles. The van der Waals surface area contributed by atoms with Gasteiger partial charge in [0.05, 0.1) is 19.2 Å². The van der Waals surface area contributed by atoms with Crippen molar-refractivity contribution in [1.82, 2.24) is 0 Å². The molecule has 2 nitrogen and oxygen atoms in total. The van der Waals surface area contributed by atoms with Crippen molar-refractivity contribution in [2.24, 2.45) is 0 Å². The lowest BCUT2D eigenvalue weighted by molar-refractivity contribution is -0.127. The Morgan fingerprint density at radius 1 is 1.36 bits per heavy atom. The average Bonchev–Trinajstić information content (AvgIpc) is 2.06. The van der Waals surface area contributed by atoms with E-state index in [0.29, 0.717) is 0 Å². The molecule has 78 valence electrons. The number of halogens is 3. The van der Waals surface area contributed by atoms with Crippen LogP contribution in [0.5, 0.6) is 5.75 Å². The van der Waals surface area contributed by atoms with Gasteiger partial charge in [0, 0.05) is 0 Å². The number of ether oxygens (including phenoxy) is 1. The molecule has 2 N–H and O–H groups in total. The summed E-state index contributed by atoms with van der Waals surface area (Å²) in [6.45, 7) is 0. The normalized spacial score (nSPS) is 11.4. The largest absolute Gasteiger partial charge is 0.495 e. The van der Waals surface area contributed by atoms with Crippen LogP contribution in [0.2, 0.25) is 0 Å². The quantitative estimate of drug-likeness (QED) is 0.752. The number of methoxy groups -OCH3 is 1. The second-order valence-electron chi connectivity index (χ2n) is 2.83. The molecule has 0 unspecified atom stereocenters. The van der Waals surface area contributed by atoms with Crippen LogP contribution in [0.4, 0.5) is 18.9 Å². The molecule has 0 spiro atoms. The minimum absolute atomic E-state index is 0.0388. The molecule has 0 saturated heterocycles. The van der Waals surface area contributed by atoms with Crippen LogP contribution in [0, 0.1) is 0 Å². The highest BCUT2D eigenvalue weighted by Crippen LogP contribution is 2.30. The van der Waals surface area contributed by atoms with Crippen molar-refractivity contribution < 1.29 is 17.9 Å². The fourth-order valence-corrected chi connectivity index (χ4v) is 1.14. The summed E-state index contributed by atoms with van der Waals surface area (Å²) in [4.78, 5) is 0. The zero-order valence-electron chi connectivity index (χ0n) is 7.56. The van der Waals surface area contributed by atoms with Crippen LogP contribution in [0.25, 0.3) is 0 Å². The number of nitrogen functional groups attached to an aromatic ring is 1. The van der Waals surface area contributed by atoms with Crippen LogP contribution in [0.3, 0.4) is 0 Å². The zero-order chi connectivity index (χ0) is 10.8. The van der Waals surface area contributed by atoms with Crippen LogP contribution in [-0.2, 0) is 6.42 Å². The van der Waals surface area contributed by atoms with Crippen molar-refractivity contribution in [1.29, 1.82) is 0 Å². The maximum atomic E-state index is 12.1. The molecular formula is C9H10F3NO. The fourth-order valence-electron chi connectivity index (χ4n) is 1.14. The number of nitrogens with two attached hydrogens (primary N) is 1. The molecule has 0 fully saturated rings. The molecule has 0 aromatic heterocycles. The van der Waals surface area contributed by atoms with E-state index >= 15 is 0 Å². The third kappa shape index (κ3) is 2.55. The number of para-hydroxylation sites is 1. The maximum Gasteiger partial charge on any atom is 0.393 e. The van der Waals surface area contributed by atoms with E-state index < -0.39 is 12.6 Å². The van der Waals surface area contributed by atoms with Gasteiger partial charge >= 0.3 is 6.18 Å². The van der Waals surface area contributed by atoms with Gasteiger partial charge in [0.1, 0.15) is 5.75 Å². The fraction of sp³-hybridized carbons (Fsp3) is 0.333. The SMILES string of the molecule is COc1cccc(CC(F)(F)F)c1N. The topological polar surface area (TPSA) is 35.2 Å². The Morgan fingerprint density at radius 2 is 2.00 bits per heavy atom. The molecule has 0 heterocycles. The highest BCUT2D eigenvalue weighted by molar-refractivity contribution is 5.58. The predicted molar refractivity (Wildman–Crippen MR) is 47.2 cm³/mol. The van der Waals surface area contributed by atoms with Gasteiger partial charge in [-0.15, -0.1) is 0 Å². The van der Waals surface area contributed by atoms with Crippen LogP contribution >= 0.6 is 0 Å². The van der Waals surface area contributed by atoms with E-state index in [2.05, 4.69) is 0 Å². The van der Waals surface area contributed by atoms with Crippen molar-refractivity contribution >= 4 is 5.69 Å². The number of hydrogen-bond acceptors (Lipinski definition) is 2. The van der Waals surface area contributed by atoms with Gasteiger partial charge in [-0.25, -0.2) is 0 Å². The summed E-state index contributed by atoms with van der Waals surface area (Å²) in [6, 6.07) is 4.34. The first-order valence-electron chi connectivity index (χ1n) is 3.92. The summed E-state index contributed by atoms with van der Waals surface area (Å²) in [5.41, 5.74) is 5.56. The standard InChI is InChI=1S/C9H10F3NO/c1-14-7-4-2-3-6(8(7)13)5-9(10,11)12/h2-4H,5,13H2,1H3. The van der Waals surface area contributed by atoms with Crippen LogP contribution < -0.4 is 10.5 Å². The lowest BCUT2D eigenvalue weighted by Gasteiger charge is -2.11. The van der Waals surface area contributed by atoms with E-state index in [1.54, 1.807) is 0 Å². The number of hydrogen-bond donors (Lipinski definition) is 1. The summed E-state index contributed by atoms with van der Waals surface area (Å²) in [5, 5.41) is 0. The Labute approximate surface area is 79.5 Å². The Morgan fingerprint density at radius 3 is 2.50 bits per heavy atom. The summed E-state index contributed by atoms with van der Waals surface area (Å²) in [5.74, 6) is 0.270. The third-order valence-corrected chi connectivity index (χ3v) is 1.77. The molecule has 0 bridgehead atoms. The first-order valence-corrected chi connectivity index (χ1v) is 3.92. The monoisotopic (exact) mass is 205 g/mol. The van der Waals surface area contributed by atoms with Gasteiger partial charge in [-0.2, -0.15) is 13.2 Å². The van der Waals surface area contributed by atoms with Gasteiger partial charge < -0.3 is 10.5 Å². The molecule has 0 aliphatic heterocycles. The van der Waals surface area contributed by atoms with Crippen molar-refractivity contribution in [2.45, 2.75) is 12.6 Å². The van der Waals surface area contributed by atoms with Crippen molar-refractivity contribution in [3.63, 3.8) is 0 Å². The first-order chi connectivity index (χ1) is 6.44. The highest BCUT2D eigenvalue weighted by atomic mass is 19.4. The lowest BCUT2D eigenvalue weighted by Crippen LogP contribution is -2.13. The van der Waals surface area contributed by atoms with Crippen LogP contribution in [0.15, 0.2) is 18.2 Å². The van der Waals surface area contributed by atoms with Gasteiger partial charge in [-0.3, -0.25) is 0 Å². The summed E-state index contributed by atoms with van der Waals surface area (Å²) < 4.78 is 41.0. The molecular weight excluding hydrogens is 195 g/mol. The summed E-state index contributed by atoms with van der Waals surface area (Å²) in [6.07, 6.45) is -5.28. The Bertz CT molecular complexity index is 322. The Kier molecular flexibility index (Phi) is 2.88. The van der Waals surface area contributed by atoms with Gasteiger partial charge in [-0.1, -0.05) is 12.1 Å². The van der Waals surface area contributed by atoms with E-state index in [9.17, 15) is 13.2 Å². The Balaban J connectivity index is 2.98. The maximum absolute atomic E-state index is 12.1. The molecule has 0 amide bonds. The number of alkyl halides is 3. The third-order valence-electron chi connectivity index (χ3n) is 1.77. The minimum atomic E-state index is -4.25. The highest BCUT2D eigenvalue weighted by Gasteiger charge is 2.29. The smallest absolute Gasteiger partial charge is 0.393 e. The van der Waals surface area contributed by atoms with Crippen LogP contribution in [-0.4, -0.2) is 13.3 Å². The molecule has 1 aromatic carbocycles. The average molecular weight is 205 g/mol. The van der Waals surface area contributed by atoms with Gasteiger partial charge in [-0.05, 0) is 11.6 Å². The van der Waals surface area contributed by atoms with E-state index in [1.165, 1.54) is 25.3 Å². The summed E-state index contributed by atoms with van der Waals surface area (Å²) in [7, 11) is 1.36. The molecule has 1 rings (SSSR count). The molecule has 0 aliphatic rings. The van der Waals surface area contributed by atoms with E-state index in [1.807, 2.05) is 0 Å². The van der Waals surface area contributed by atoms with Crippen molar-refractivity contribution in [2.75, 3.05) is 12.8 Å². The zero-order valence-corrected chi connectivity index (χ0v) is 7.56. The second kappa shape index (κ2) is 3.77. The van der Waals surface area contributed by atoms with E-state index in [0.717, 1.165) is 0 Å². The molecule has 14 heavy (non-hydrogen) atoms.